The molecule has 1 aliphatic heterocycles. The Morgan fingerprint density at radius 2 is 2.27 bits per heavy atom. The number of hydrogen-bond acceptors (Lipinski definition) is 5. The van der Waals surface area contributed by atoms with Crippen LogP contribution in [0.2, 0.25) is 0 Å². The van der Waals surface area contributed by atoms with Crippen molar-refractivity contribution in [1.29, 1.82) is 0 Å². The van der Waals surface area contributed by atoms with Gasteiger partial charge in [-0.05, 0) is 20.3 Å². The lowest BCUT2D eigenvalue weighted by atomic mass is 10.2. The number of rotatable bonds is 4. The Morgan fingerprint density at radius 1 is 1.60 bits per heavy atom. The van der Waals surface area contributed by atoms with Crippen LogP contribution in [0, 0.1) is 0 Å². The van der Waals surface area contributed by atoms with Gasteiger partial charge in [0.15, 0.2) is 9.84 Å². The van der Waals surface area contributed by atoms with Crippen LogP contribution in [0.25, 0.3) is 0 Å². The first-order valence-corrected chi connectivity index (χ1v) is 6.90. The predicted octanol–water partition coefficient (Wildman–Crippen LogP) is -0.285. The van der Waals surface area contributed by atoms with E-state index in [1.165, 1.54) is 0 Å². The van der Waals surface area contributed by atoms with E-state index in [0.29, 0.717) is 13.0 Å². The summed E-state index contributed by atoms with van der Waals surface area (Å²) in [5.41, 5.74) is 0. The smallest absolute Gasteiger partial charge is 0.322 e. The Morgan fingerprint density at radius 3 is 2.73 bits per heavy atom. The third-order valence-corrected chi connectivity index (χ3v) is 4.13. The van der Waals surface area contributed by atoms with Gasteiger partial charge in [0.05, 0.1) is 18.1 Å². The Hall–Kier alpha value is -0.620. The van der Waals surface area contributed by atoms with Crippen molar-refractivity contribution < 1.29 is 17.9 Å². The molecule has 0 radical (unpaired) electrons. The average molecular weight is 235 g/mol. The first kappa shape index (κ1) is 12.4. The minimum absolute atomic E-state index is 0.116. The lowest BCUT2D eigenvalue weighted by Crippen LogP contribution is -2.42. The van der Waals surface area contributed by atoms with E-state index in [0.717, 1.165) is 0 Å². The molecular weight excluding hydrogens is 218 g/mol. The summed E-state index contributed by atoms with van der Waals surface area (Å²) in [5, 5.41) is 2.97. The van der Waals surface area contributed by atoms with Gasteiger partial charge in [0.2, 0.25) is 0 Å². The lowest BCUT2D eigenvalue weighted by molar-refractivity contribution is -0.145. The summed E-state index contributed by atoms with van der Waals surface area (Å²) in [4.78, 5) is 11.3. The minimum Gasteiger partial charge on any atom is -0.465 e. The van der Waals surface area contributed by atoms with E-state index in [2.05, 4.69) is 5.32 Å². The summed E-state index contributed by atoms with van der Waals surface area (Å²) in [6, 6.07) is -0.558. The fraction of sp³-hybridized carbons (Fsp3) is 0.889. The number of carbonyl (C=O) groups excluding carboxylic acids is 1. The number of sulfone groups is 1. The molecule has 0 unspecified atom stereocenters. The van der Waals surface area contributed by atoms with E-state index >= 15 is 0 Å². The normalized spacial score (nSPS) is 26.1. The second-order valence-corrected chi connectivity index (χ2v) is 5.97. The van der Waals surface area contributed by atoms with Crippen LogP contribution in [-0.2, 0) is 19.4 Å². The van der Waals surface area contributed by atoms with Crippen LogP contribution in [0.5, 0.6) is 0 Å². The molecular formula is C9H17NO4S. The largest absolute Gasteiger partial charge is 0.465 e. The maximum Gasteiger partial charge on any atom is 0.322 e. The highest BCUT2D eigenvalue weighted by atomic mass is 32.2. The van der Waals surface area contributed by atoms with Gasteiger partial charge in [0, 0.05) is 6.04 Å². The zero-order chi connectivity index (χ0) is 11.5. The van der Waals surface area contributed by atoms with Crippen molar-refractivity contribution in [2.45, 2.75) is 32.4 Å². The molecule has 0 amide bonds. The van der Waals surface area contributed by atoms with Crippen molar-refractivity contribution in [2.75, 3.05) is 18.1 Å². The van der Waals surface area contributed by atoms with Gasteiger partial charge in [0.1, 0.15) is 6.04 Å². The third-order valence-electron chi connectivity index (χ3n) is 2.36. The fourth-order valence-electron chi connectivity index (χ4n) is 1.62. The fourth-order valence-corrected chi connectivity index (χ4v) is 3.30. The van der Waals surface area contributed by atoms with Crippen molar-refractivity contribution in [2.24, 2.45) is 0 Å². The van der Waals surface area contributed by atoms with Gasteiger partial charge in [-0.25, -0.2) is 8.42 Å². The van der Waals surface area contributed by atoms with E-state index in [1.807, 2.05) is 0 Å². The average Bonchev–Trinajstić information content (AvgIpc) is 2.46. The van der Waals surface area contributed by atoms with E-state index < -0.39 is 15.9 Å². The summed E-state index contributed by atoms with van der Waals surface area (Å²) < 4.78 is 27.1. The first-order valence-electron chi connectivity index (χ1n) is 5.07. The summed E-state index contributed by atoms with van der Waals surface area (Å²) in [7, 11) is -2.89. The van der Waals surface area contributed by atoms with Crippen molar-refractivity contribution in [1.82, 2.24) is 5.32 Å². The zero-order valence-corrected chi connectivity index (χ0v) is 9.84. The van der Waals surface area contributed by atoms with E-state index in [-0.39, 0.29) is 23.5 Å². The molecule has 0 aromatic carbocycles. The van der Waals surface area contributed by atoms with Gasteiger partial charge in [0.25, 0.3) is 0 Å². The molecule has 1 rings (SSSR count). The number of ether oxygens (including phenoxy) is 1. The van der Waals surface area contributed by atoms with Gasteiger partial charge < -0.3 is 10.1 Å². The molecule has 1 saturated heterocycles. The highest BCUT2D eigenvalue weighted by Crippen LogP contribution is 2.11. The van der Waals surface area contributed by atoms with Crippen LogP contribution < -0.4 is 5.32 Å². The van der Waals surface area contributed by atoms with Crippen LogP contribution >= 0.6 is 0 Å². The molecule has 0 aliphatic carbocycles. The molecule has 0 aromatic rings. The van der Waals surface area contributed by atoms with Crippen molar-refractivity contribution in [3.8, 4) is 0 Å². The van der Waals surface area contributed by atoms with E-state index in [9.17, 15) is 13.2 Å². The van der Waals surface area contributed by atoms with Crippen LogP contribution in [-0.4, -0.2) is 44.6 Å². The molecule has 2 atom stereocenters. The monoisotopic (exact) mass is 235 g/mol. The topological polar surface area (TPSA) is 72.5 Å². The molecule has 1 heterocycles. The van der Waals surface area contributed by atoms with Gasteiger partial charge in [-0.2, -0.15) is 0 Å². The number of hydrogen-bond donors (Lipinski definition) is 1. The highest BCUT2D eigenvalue weighted by Gasteiger charge is 2.30. The summed E-state index contributed by atoms with van der Waals surface area (Å²) >= 11 is 0. The lowest BCUT2D eigenvalue weighted by Gasteiger charge is -2.16. The van der Waals surface area contributed by atoms with Gasteiger partial charge in [-0.15, -0.1) is 0 Å². The second kappa shape index (κ2) is 4.94. The van der Waals surface area contributed by atoms with Crippen molar-refractivity contribution >= 4 is 15.8 Å². The molecule has 1 N–H and O–H groups in total. The van der Waals surface area contributed by atoms with E-state index in [4.69, 9.17) is 4.74 Å². The van der Waals surface area contributed by atoms with Gasteiger partial charge in [-0.1, -0.05) is 0 Å². The molecule has 0 spiro atoms. The summed E-state index contributed by atoms with van der Waals surface area (Å²) in [5.74, 6) is -0.00135. The first-order chi connectivity index (χ1) is 6.94. The Balaban J connectivity index is 2.40. The van der Waals surface area contributed by atoms with E-state index in [1.54, 1.807) is 13.8 Å². The number of carbonyl (C=O) groups is 1. The Bertz CT molecular complexity index is 325. The van der Waals surface area contributed by atoms with Crippen LogP contribution in [0.15, 0.2) is 0 Å². The Labute approximate surface area is 90.1 Å². The summed E-state index contributed by atoms with van der Waals surface area (Å²) in [6.45, 7) is 3.77. The minimum atomic E-state index is -2.89. The van der Waals surface area contributed by atoms with Crippen LogP contribution in [0.4, 0.5) is 0 Å². The van der Waals surface area contributed by atoms with Crippen LogP contribution in [0.3, 0.4) is 0 Å². The SMILES string of the molecule is CCOC(=O)[C@H](C)N[C@H]1CCS(=O)(=O)C1. The molecule has 0 saturated carbocycles. The molecule has 0 aromatic heterocycles. The summed E-state index contributed by atoms with van der Waals surface area (Å²) in [6.07, 6.45) is 0.575. The standard InChI is InChI=1S/C9H17NO4S/c1-3-14-9(11)7(2)10-8-4-5-15(12,13)6-8/h7-8,10H,3-6H2,1-2H3/t7-,8-/m0/s1. The Kier molecular flexibility index (Phi) is 4.10. The second-order valence-electron chi connectivity index (χ2n) is 3.74. The molecule has 88 valence electrons. The van der Waals surface area contributed by atoms with Gasteiger partial charge in [-0.3, -0.25) is 4.79 Å². The molecule has 1 aliphatic rings. The predicted molar refractivity (Wildman–Crippen MR) is 56.3 cm³/mol. The quantitative estimate of drug-likeness (QED) is 0.678. The third kappa shape index (κ3) is 3.79. The van der Waals surface area contributed by atoms with Crippen molar-refractivity contribution in [3.63, 3.8) is 0 Å². The number of nitrogens with one attached hydrogen (secondary N) is 1. The molecule has 6 heteroatoms. The molecule has 5 nitrogen and oxygen atoms in total. The van der Waals surface area contributed by atoms with Crippen LogP contribution in [0.1, 0.15) is 20.3 Å². The zero-order valence-electron chi connectivity index (χ0n) is 9.02. The molecule has 0 bridgehead atoms. The van der Waals surface area contributed by atoms with Crippen molar-refractivity contribution in [3.05, 3.63) is 0 Å². The van der Waals surface area contributed by atoms with Gasteiger partial charge >= 0.3 is 5.97 Å². The molecule has 1 fully saturated rings. The molecule has 15 heavy (non-hydrogen) atoms. The maximum atomic E-state index is 11.3. The number of esters is 1. The highest BCUT2D eigenvalue weighted by molar-refractivity contribution is 7.91. The maximum absolute atomic E-state index is 11.3.